The molecule has 3 aromatic rings. The SMILES string of the molecule is CC(NC(=O)Nc1ccc([N+](=O)[O-])cc1)c1cc2ccccc2o1. The van der Waals surface area contributed by atoms with Gasteiger partial charge in [0.2, 0.25) is 0 Å². The van der Waals surface area contributed by atoms with Gasteiger partial charge in [-0.1, -0.05) is 18.2 Å². The summed E-state index contributed by atoms with van der Waals surface area (Å²) in [6, 6.07) is 14.4. The molecule has 1 heterocycles. The monoisotopic (exact) mass is 325 g/mol. The molecule has 0 spiro atoms. The number of urea groups is 1. The number of nitrogens with one attached hydrogen (secondary N) is 2. The second-order valence-corrected chi connectivity index (χ2v) is 5.31. The maximum Gasteiger partial charge on any atom is 0.319 e. The van der Waals surface area contributed by atoms with E-state index in [-0.39, 0.29) is 11.7 Å². The standard InChI is InChI=1S/C17H15N3O4/c1-11(16-10-12-4-2-3-5-15(12)24-16)18-17(21)19-13-6-8-14(9-7-13)20(22)23/h2-11H,1H3,(H2,18,19,21). The van der Waals surface area contributed by atoms with Crippen molar-refractivity contribution in [2.75, 3.05) is 5.32 Å². The maximum absolute atomic E-state index is 12.0. The Balaban J connectivity index is 1.64. The average Bonchev–Trinajstić information content (AvgIpc) is 2.99. The summed E-state index contributed by atoms with van der Waals surface area (Å²) in [5.74, 6) is 0.648. The summed E-state index contributed by atoms with van der Waals surface area (Å²) >= 11 is 0. The minimum absolute atomic E-state index is 0.0309. The first-order chi connectivity index (χ1) is 11.5. The number of hydrogen-bond donors (Lipinski definition) is 2. The summed E-state index contributed by atoms with van der Waals surface area (Å²) in [5, 5.41) is 17.0. The van der Waals surface area contributed by atoms with Gasteiger partial charge in [0.25, 0.3) is 5.69 Å². The van der Waals surface area contributed by atoms with Gasteiger partial charge in [-0.05, 0) is 31.2 Å². The Morgan fingerprint density at radius 1 is 1.17 bits per heavy atom. The van der Waals surface area contributed by atoms with Gasteiger partial charge in [0.15, 0.2) is 0 Å². The normalized spacial score (nSPS) is 11.9. The highest BCUT2D eigenvalue weighted by molar-refractivity contribution is 5.89. The molecule has 0 saturated heterocycles. The van der Waals surface area contributed by atoms with E-state index in [9.17, 15) is 14.9 Å². The lowest BCUT2D eigenvalue weighted by atomic mass is 10.2. The van der Waals surface area contributed by atoms with Gasteiger partial charge < -0.3 is 15.1 Å². The second-order valence-electron chi connectivity index (χ2n) is 5.31. The molecule has 0 bridgehead atoms. The highest BCUT2D eigenvalue weighted by atomic mass is 16.6. The Morgan fingerprint density at radius 3 is 2.54 bits per heavy atom. The average molecular weight is 325 g/mol. The fourth-order valence-corrected chi connectivity index (χ4v) is 2.32. The molecule has 0 aliphatic rings. The van der Waals surface area contributed by atoms with E-state index in [0.717, 1.165) is 11.0 Å². The fourth-order valence-electron chi connectivity index (χ4n) is 2.32. The molecule has 0 aliphatic carbocycles. The first-order valence-corrected chi connectivity index (χ1v) is 7.33. The Hall–Kier alpha value is -3.35. The first-order valence-electron chi connectivity index (χ1n) is 7.33. The third-order valence-electron chi connectivity index (χ3n) is 3.55. The maximum atomic E-state index is 12.0. The molecule has 24 heavy (non-hydrogen) atoms. The molecule has 2 amide bonds. The predicted molar refractivity (Wildman–Crippen MR) is 89.9 cm³/mol. The Labute approximate surface area is 137 Å². The molecule has 1 unspecified atom stereocenters. The Kier molecular flexibility index (Phi) is 4.15. The summed E-state index contributed by atoms with van der Waals surface area (Å²) in [4.78, 5) is 22.1. The van der Waals surface area contributed by atoms with Crippen LogP contribution in [-0.4, -0.2) is 11.0 Å². The van der Waals surface area contributed by atoms with Crippen molar-refractivity contribution in [2.24, 2.45) is 0 Å². The minimum atomic E-state index is -0.493. The number of rotatable bonds is 4. The highest BCUT2D eigenvalue weighted by Gasteiger charge is 2.14. The Bertz CT molecular complexity index is 853. The van der Waals surface area contributed by atoms with Crippen molar-refractivity contribution in [3.05, 3.63) is 70.5 Å². The van der Waals surface area contributed by atoms with Gasteiger partial charge in [0.1, 0.15) is 11.3 Å². The van der Waals surface area contributed by atoms with Gasteiger partial charge in [-0.2, -0.15) is 0 Å². The molecule has 0 radical (unpaired) electrons. The van der Waals surface area contributed by atoms with Gasteiger partial charge >= 0.3 is 6.03 Å². The second kappa shape index (κ2) is 6.41. The van der Waals surface area contributed by atoms with Crippen LogP contribution in [0, 0.1) is 10.1 Å². The summed E-state index contributed by atoms with van der Waals surface area (Å²) < 4.78 is 5.71. The molecule has 0 fully saturated rings. The van der Waals surface area contributed by atoms with Crippen LogP contribution >= 0.6 is 0 Å². The lowest BCUT2D eigenvalue weighted by Gasteiger charge is -2.12. The number of carbonyl (C=O) groups is 1. The molecule has 7 heteroatoms. The molecule has 1 aromatic heterocycles. The van der Waals surface area contributed by atoms with Crippen molar-refractivity contribution in [3.8, 4) is 0 Å². The van der Waals surface area contributed by atoms with E-state index in [1.165, 1.54) is 24.3 Å². The molecule has 122 valence electrons. The molecule has 0 saturated carbocycles. The molecule has 3 rings (SSSR count). The predicted octanol–water partition coefficient (Wildman–Crippen LogP) is 4.22. The van der Waals surface area contributed by atoms with Crippen LogP contribution in [-0.2, 0) is 0 Å². The summed E-state index contributed by atoms with van der Waals surface area (Å²) in [6.07, 6.45) is 0. The number of anilines is 1. The summed E-state index contributed by atoms with van der Waals surface area (Å²) in [6.45, 7) is 1.81. The summed E-state index contributed by atoms with van der Waals surface area (Å²) in [7, 11) is 0. The molecular formula is C17H15N3O4. The van der Waals surface area contributed by atoms with E-state index in [2.05, 4.69) is 10.6 Å². The third-order valence-corrected chi connectivity index (χ3v) is 3.55. The number of nitrogens with zero attached hydrogens (tertiary/aromatic N) is 1. The van der Waals surface area contributed by atoms with E-state index in [1.807, 2.05) is 37.3 Å². The van der Waals surface area contributed by atoms with Crippen molar-refractivity contribution in [3.63, 3.8) is 0 Å². The number of nitro benzene ring substituents is 1. The van der Waals surface area contributed by atoms with Crippen LogP contribution in [0.3, 0.4) is 0 Å². The van der Waals surface area contributed by atoms with Crippen molar-refractivity contribution in [1.29, 1.82) is 0 Å². The lowest BCUT2D eigenvalue weighted by molar-refractivity contribution is -0.384. The molecule has 2 N–H and O–H groups in total. The number of benzene rings is 2. The van der Waals surface area contributed by atoms with Gasteiger partial charge in [0, 0.05) is 23.2 Å². The van der Waals surface area contributed by atoms with Crippen LogP contribution in [0.4, 0.5) is 16.2 Å². The van der Waals surface area contributed by atoms with Crippen LogP contribution in [0.1, 0.15) is 18.7 Å². The lowest BCUT2D eigenvalue weighted by Crippen LogP contribution is -2.30. The van der Waals surface area contributed by atoms with Crippen LogP contribution < -0.4 is 10.6 Å². The van der Waals surface area contributed by atoms with Crippen LogP contribution in [0.5, 0.6) is 0 Å². The minimum Gasteiger partial charge on any atom is -0.459 e. The topological polar surface area (TPSA) is 97.4 Å². The number of non-ortho nitro benzene ring substituents is 1. The Morgan fingerprint density at radius 2 is 1.88 bits per heavy atom. The summed E-state index contributed by atoms with van der Waals surface area (Å²) in [5.41, 5.74) is 1.20. The fraction of sp³-hybridized carbons (Fsp3) is 0.118. The number of furan rings is 1. The van der Waals surface area contributed by atoms with Crippen LogP contribution in [0.15, 0.2) is 59.0 Å². The number of hydrogen-bond acceptors (Lipinski definition) is 4. The quantitative estimate of drug-likeness (QED) is 0.554. The third kappa shape index (κ3) is 3.35. The highest BCUT2D eigenvalue weighted by Crippen LogP contribution is 2.23. The first kappa shape index (κ1) is 15.5. The van der Waals surface area contributed by atoms with Gasteiger partial charge in [0.05, 0.1) is 11.0 Å². The number of nitro groups is 1. The molecule has 7 nitrogen and oxygen atoms in total. The van der Waals surface area contributed by atoms with Crippen LogP contribution in [0.25, 0.3) is 11.0 Å². The van der Waals surface area contributed by atoms with Gasteiger partial charge in [-0.15, -0.1) is 0 Å². The van der Waals surface area contributed by atoms with E-state index in [0.29, 0.717) is 11.4 Å². The van der Waals surface area contributed by atoms with Crippen molar-refractivity contribution < 1.29 is 14.1 Å². The zero-order valence-electron chi connectivity index (χ0n) is 12.9. The van der Waals surface area contributed by atoms with E-state index in [4.69, 9.17) is 4.42 Å². The van der Waals surface area contributed by atoms with E-state index < -0.39 is 11.0 Å². The number of carbonyl (C=O) groups excluding carboxylic acids is 1. The molecule has 0 aliphatic heterocycles. The number of fused-ring (bicyclic) bond motifs is 1. The molecule has 2 aromatic carbocycles. The zero-order valence-corrected chi connectivity index (χ0v) is 12.9. The van der Waals surface area contributed by atoms with Gasteiger partial charge in [-0.25, -0.2) is 4.79 Å². The number of amides is 2. The number of para-hydroxylation sites is 1. The zero-order chi connectivity index (χ0) is 17.1. The largest absolute Gasteiger partial charge is 0.459 e. The molecule has 1 atom stereocenters. The van der Waals surface area contributed by atoms with Gasteiger partial charge in [-0.3, -0.25) is 10.1 Å². The smallest absolute Gasteiger partial charge is 0.319 e. The van der Waals surface area contributed by atoms with E-state index >= 15 is 0 Å². The van der Waals surface area contributed by atoms with Crippen LogP contribution in [0.2, 0.25) is 0 Å². The van der Waals surface area contributed by atoms with Crippen molar-refractivity contribution >= 4 is 28.4 Å². The molecular weight excluding hydrogens is 310 g/mol. The van der Waals surface area contributed by atoms with E-state index in [1.54, 1.807) is 0 Å². The van der Waals surface area contributed by atoms with Crippen molar-refractivity contribution in [1.82, 2.24) is 5.32 Å². The van der Waals surface area contributed by atoms with Crippen molar-refractivity contribution in [2.45, 2.75) is 13.0 Å².